The van der Waals surface area contributed by atoms with Gasteiger partial charge in [-0.2, -0.15) is 9.78 Å². The van der Waals surface area contributed by atoms with Gasteiger partial charge in [0.2, 0.25) is 11.8 Å². The average Bonchev–Trinajstić information content (AvgIpc) is 3.11. The van der Waals surface area contributed by atoms with Crippen molar-refractivity contribution in [3.63, 3.8) is 0 Å². The van der Waals surface area contributed by atoms with Crippen molar-refractivity contribution in [1.29, 1.82) is 0 Å². The Balaban J connectivity index is 1.84. The predicted octanol–water partition coefficient (Wildman–Crippen LogP) is 3.12. The highest BCUT2D eigenvalue weighted by Gasteiger charge is 2.13. The summed E-state index contributed by atoms with van der Waals surface area (Å²) in [5.41, 5.74) is 3.39. The molecule has 0 aliphatic carbocycles. The van der Waals surface area contributed by atoms with E-state index in [0.29, 0.717) is 11.6 Å². The van der Waals surface area contributed by atoms with Gasteiger partial charge in [0.1, 0.15) is 0 Å². The highest BCUT2D eigenvalue weighted by atomic mass is 16.3. The topological polar surface area (TPSA) is 66.7 Å². The van der Waals surface area contributed by atoms with E-state index in [1.54, 1.807) is 6.07 Å². The van der Waals surface area contributed by atoms with Gasteiger partial charge in [0, 0.05) is 11.6 Å². The van der Waals surface area contributed by atoms with Crippen LogP contribution in [-0.2, 0) is 0 Å². The molecule has 5 heteroatoms. The quantitative estimate of drug-likeness (QED) is 0.591. The lowest BCUT2D eigenvalue weighted by Gasteiger charge is -1.97. The predicted molar refractivity (Wildman–Crippen MR) is 80.3 cm³/mol. The van der Waals surface area contributed by atoms with Crippen LogP contribution in [0.1, 0.15) is 0 Å². The molecule has 0 fully saturated rings. The lowest BCUT2D eigenvalue weighted by Crippen LogP contribution is -1.98. The largest absolute Gasteiger partial charge is 0.493 e. The second-order valence-electron chi connectivity index (χ2n) is 4.74. The zero-order valence-corrected chi connectivity index (χ0v) is 11.1. The lowest BCUT2D eigenvalue weighted by molar-refractivity contribution is 0.430. The molecular weight excluding hydrogens is 264 g/mol. The van der Waals surface area contributed by atoms with Gasteiger partial charge in [0.05, 0.1) is 16.7 Å². The zero-order chi connectivity index (χ0) is 14.2. The molecule has 0 aliphatic heterocycles. The first kappa shape index (κ1) is 11.7. The fraction of sp³-hybridized carbons (Fsp3) is 0. The molecule has 0 unspecified atom stereocenters. The maximum atomic E-state index is 10.1. The summed E-state index contributed by atoms with van der Waals surface area (Å²) in [5, 5.41) is 14.5. The number of imidazole rings is 1. The second-order valence-corrected chi connectivity index (χ2v) is 4.74. The van der Waals surface area contributed by atoms with Crippen molar-refractivity contribution in [2.45, 2.75) is 0 Å². The molecule has 0 saturated carbocycles. The Morgan fingerprint density at radius 1 is 0.952 bits per heavy atom. The van der Waals surface area contributed by atoms with Crippen molar-refractivity contribution in [2.24, 2.45) is 0 Å². The Morgan fingerprint density at radius 2 is 1.71 bits per heavy atom. The van der Waals surface area contributed by atoms with Gasteiger partial charge in [0.15, 0.2) is 0 Å². The molecule has 21 heavy (non-hydrogen) atoms. The van der Waals surface area contributed by atoms with Gasteiger partial charge < -0.3 is 10.1 Å². The molecule has 4 rings (SSSR count). The normalized spacial score (nSPS) is 11.0. The summed E-state index contributed by atoms with van der Waals surface area (Å²) in [6, 6.07) is 19.0. The maximum absolute atomic E-state index is 10.1. The van der Waals surface area contributed by atoms with Crippen LogP contribution < -0.4 is 0 Å². The molecule has 0 radical (unpaired) electrons. The monoisotopic (exact) mass is 276 g/mol. The molecule has 5 nitrogen and oxygen atoms in total. The molecule has 2 aromatic carbocycles. The number of hydrogen-bond acceptors (Lipinski definition) is 3. The first-order valence-corrected chi connectivity index (χ1v) is 6.61. The molecule has 0 saturated heterocycles. The minimum Gasteiger partial charge on any atom is -0.493 e. The van der Waals surface area contributed by atoms with Gasteiger partial charge in [-0.25, -0.2) is 4.98 Å². The van der Waals surface area contributed by atoms with Crippen molar-refractivity contribution in [2.75, 3.05) is 0 Å². The Kier molecular flexibility index (Phi) is 2.50. The number of nitrogens with zero attached hydrogens (tertiary/aromatic N) is 3. The number of benzene rings is 2. The summed E-state index contributed by atoms with van der Waals surface area (Å²) >= 11 is 0. The Bertz CT molecular complexity index is 875. The van der Waals surface area contributed by atoms with E-state index in [4.69, 9.17) is 0 Å². The SMILES string of the molecule is Oc1cc(-c2ccccc2)nn1-c1nc2ccccc2[nH]1. The zero-order valence-electron chi connectivity index (χ0n) is 11.1. The van der Waals surface area contributed by atoms with Crippen molar-refractivity contribution >= 4 is 11.0 Å². The molecule has 102 valence electrons. The van der Waals surface area contributed by atoms with E-state index in [0.717, 1.165) is 16.6 Å². The van der Waals surface area contributed by atoms with E-state index in [9.17, 15) is 5.11 Å². The summed E-state index contributed by atoms with van der Waals surface area (Å²) in [7, 11) is 0. The molecule has 2 N–H and O–H groups in total. The summed E-state index contributed by atoms with van der Waals surface area (Å²) in [4.78, 5) is 7.58. The van der Waals surface area contributed by atoms with Crippen LogP contribution in [0.25, 0.3) is 28.2 Å². The third-order valence-corrected chi connectivity index (χ3v) is 3.34. The molecule has 0 atom stereocenters. The maximum Gasteiger partial charge on any atom is 0.232 e. The first-order valence-electron chi connectivity index (χ1n) is 6.61. The highest BCUT2D eigenvalue weighted by Crippen LogP contribution is 2.25. The van der Waals surface area contributed by atoms with Crippen LogP contribution in [0.5, 0.6) is 5.88 Å². The molecule has 0 amide bonds. The van der Waals surface area contributed by atoms with Crippen LogP contribution in [0, 0.1) is 0 Å². The Morgan fingerprint density at radius 3 is 2.52 bits per heavy atom. The number of rotatable bonds is 2. The average molecular weight is 276 g/mol. The minimum atomic E-state index is 0.0490. The molecule has 0 bridgehead atoms. The van der Waals surface area contributed by atoms with Crippen molar-refractivity contribution in [3.8, 4) is 23.1 Å². The van der Waals surface area contributed by atoms with Crippen LogP contribution in [0.3, 0.4) is 0 Å². The number of hydrogen-bond donors (Lipinski definition) is 2. The number of aromatic hydroxyl groups is 1. The van der Waals surface area contributed by atoms with Crippen LogP contribution >= 0.6 is 0 Å². The van der Waals surface area contributed by atoms with E-state index in [2.05, 4.69) is 15.1 Å². The van der Waals surface area contributed by atoms with Crippen LogP contribution in [0.2, 0.25) is 0 Å². The summed E-state index contributed by atoms with van der Waals surface area (Å²) in [6.07, 6.45) is 0. The standard InChI is InChI=1S/C16H12N4O/c21-15-10-14(11-6-2-1-3-7-11)19-20(15)16-17-12-8-4-5-9-13(12)18-16/h1-10,21H,(H,17,18). The molecular formula is C16H12N4O. The number of nitrogens with one attached hydrogen (secondary N) is 1. The Labute approximate surface area is 120 Å². The summed E-state index contributed by atoms with van der Waals surface area (Å²) in [6.45, 7) is 0. The van der Waals surface area contributed by atoms with E-state index >= 15 is 0 Å². The summed E-state index contributed by atoms with van der Waals surface area (Å²) < 4.78 is 1.41. The van der Waals surface area contributed by atoms with Crippen molar-refractivity contribution in [1.82, 2.24) is 19.7 Å². The van der Waals surface area contributed by atoms with Gasteiger partial charge >= 0.3 is 0 Å². The number of fused-ring (bicyclic) bond motifs is 1. The lowest BCUT2D eigenvalue weighted by atomic mass is 10.2. The molecule has 0 spiro atoms. The number of H-pyrrole nitrogens is 1. The van der Waals surface area contributed by atoms with Crippen LogP contribution in [0.15, 0.2) is 60.7 Å². The second kappa shape index (κ2) is 4.49. The fourth-order valence-electron chi connectivity index (χ4n) is 2.32. The van der Waals surface area contributed by atoms with E-state index in [1.807, 2.05) is 54.6 Å². The number of aromatic nitrogens is 4. The van der Waals surface area contributed by atoms with Crippen LogP contribution in [-0.4, -0.2) is 24.9 Å². The Hall–Kier alpha value is -3.08. The molecule has 0 aliphatic rings. The van der Waals surface area contributed by atoms with Gasteiger partial charge in [-0.05, 0) is 12.1 Å². The fourth-order valence-corrected chi connectivity index (χ4v) is 2.32. The van der Waals surface area contributed by atoms with E-state index in [-0.39, 0.29) is 5.88 Å². The van der Waals surface area contributed by atoms with E-state index < -0.39 is 0 Å². The van der Waals surface area contributed by atoms with E-state index in [1.165, 1.54) is 4.68 Å². The van der Waals surface area contributed by atoms with Gasteiger partial charge in [-0.1, -0.05) is 42.5 Å². The first-order chi connectivity index (χ1) is 10.3. The third-order valence-electron chi connectivity index (χ3n) is 3.34. The number of para-hydroxylation sites is 2. The van der Waals surface area contributed by atoms with Gasteiger partial charge in [-0.3, -0.25) is 0 Å². The minimum absolute atomic E-state index is 0.0490. The smallest absolute Gasteiger partial charge is 0.232 e. The molecule has 2 heterocycles. The molecule has 4 aromatic rings. The van der Waals surface area contributed by atoms with Crippen LogP contribution in [0.4, 0.5) is 0 Å². The molecule has 2 aromatic heterocycles. The summed E-state index contributed by atoms with van der Waals surface area (Å²) in [5.74, 6) is 0.545. The van der Waals surface area contributed by atoms with Gasteiger partial charge in [-0.15, -0.1) is 0 Å². The van der Waals surface area contributed by atoms with Crippen molar-refractivity contribution < 1.29 is 5.11 Å². The third kappa shape index (κ3) is 1.95. The van der Waals surface area contributed by atoms with Crippen molar-refractivity contribution in [3.05, 3.63) is 60.7 Å². The van der Waals surface area contributed by atoms with Gasteiger partial charge in [0.25, 0.3) is 0 Å². The highest BCUT2D eigenvalue weighted by molar-refractivity contribution is 5.76. The number of aromatic amines is 1.